The van der Waals surface area contributed by atoms with Gasteiger partial charge in [0.05, 0.1) is 28.6 Å². The summed E-state index contributed by atoms with van der Waals surface area (Å²) in [6.07, 6.45) is 1.44. The summed E-state index contributed by atoms with van der Waals surface area (Å²) in [5.41, 5.74) is -0.808. The first-order valence-corrected chi connectivity index (χ1v) is 11.7. The third-order valence-electron chi connectivity index (χ3n) is 6.59. The fourth-order valence-corrected chi connectivity index (χ4v) is 6.61. The molecule has 3 aliphatic heterocycles. The highest BCUT2D eigenvalue weighted by molar-refractivity contribution is 9.09. The molecule has 172 valence electrons. The van der Waals surface area contributed by atoms with E-state index in [1.807, 2.05) is 0 Å². The second kappa shape index (κ2) is 8.78. The molecule has 8 nitrogen and oxygen atoms in total. The average molecular weight is 528 g/mol. The Hall–Kier alpha value is -1.94. The maximum Gasteiger partial charge on any atom is 0.310 e. The van der Waals surface area contributed by atoms with Crippen molar-refractivity contribution in [3.05, 3.63) is 41.9 Å². The Morgan fingerprint density at radius 3 is 2.75 bits per heavy atom. The standard InChI is InChI=1S/C22H24BrClN2O6/c1-2-8-25(14-7-4-3-6-13(14)24)20(29)18-22-11-12(23)17(32-22)15(21(30)31)16(22)19(28)26(18)9-5-10-27/h2-4,6-7,12,15-18,27H,1,5,8-11H2,(H,30,31)/t12?,15-,16+,17-,18?,22?/m1/s1. The highest BCUT2D eigenvalue weighted by Crippen LogP contribution is 2.60. The summed E-state index contributed by atoms with van der Waals surface area (Å²) in [5, 5.41) is 19.6. The number of alkyl halides is 1. The lowest BCUT2D eigenvalue weighted by atomic mass is 9.70. The number of nitrogens with zero attached hydrogens (tertiary/aromatic N) is 2. The Morgan fingerprint density at radius 2 is 2.12 bits per heavy atom. The third kappa shape index (κ3) is 3.37. The van der Waals surface area contributed by atoms with E-state index < -0.39 is 47.4 Å². The van der Waals surface area contributed by atoms with Crippen molar-refractivity contribution in [1.29, 1.82) is 0 Å². The molecule has 3 aliphatic rings. The first-order chi connectivity index (χ1) is 15.3. The number of carboxylic acid groups (broad SMARTS) is 1. The van der Waals surface area contributed by atoms with E-state index in [0.717, 1.165) is 0 Å². The number of anilines is 1. The molecule has 32 heavy (non-hydrogen) atoms. The summed E-state index contributed by atoms with van der Waals surface area (Å²) < 4.78 is 6.22. The number of ether oxygens (including phenoxy) is 1. The Balaban J connectivity index is 1.81. The normalized spacial score (nSPS) is 32.8. The number of para-hydroxylation sites is 1. The largest absolute Gasteiger partial charge is 0.481 e. The van der Waals surface area contributed by atoms with Gasteiger partial charge in [0.1, 0.15) is 11.6 Å². The number of rotatable bonds is 8. The van der Waals surface area contributed by atoms with Crippen LogP contribution in [0.3, 0.4) is 0 Å². The van der Waals surface area contributed by atoms with Gasteiger partial charge in [-0.05, 0) is 25.0 Å². The Morgan fingerprint density at radius 1 is 1.41 bits per heavy atom. The van der Waals surface area contributed by atoms with Crippen molar-refractivity contribution < 1.29 is 29.3 Å². The summed E-state index contributed by atoms with van der Waals surface area (Å²) in [4.78, 5) is 42.1. The molecule has 0 aromatic heterocycles. The molecule has 6 atom stereocenters. The number of likely N-dealkylation sites (tertiary alicyclic amines) is 1. The number of hydrogen-bond donors (Lipinski definition) is 2. The van der Waals surface area contributed by atoms with Crippen LogP contribution in [0, 0.1) is 11.8 Å². The molecule has 0 saturated carbocycles. The number of benzene rings is 1. The molecule has 10 heteroatoms. The molecule has 2 bridgehead atoms. The number of amides is 2. The predicted octanol–water partition coefficient (Wildman–Crippen LogP) is 2.07. The van der Waals surface area contributed by atoms with Crippen LogP contribution >= 0.6 is 27.5 Å². The van der Waals surface area contributed by atoms with Gasteiger partial charge < -0.3 is 24.7 Å². The summed E-state index contributed by atoms with van der Waals surface area (Å²) in [7, 11) is 0. The van der Waals surface area contributed by atoms with Crippen molar-refractivity contribution in [2.45, 2.75) is 35.4 Å². The second-order valence-corrected chi connectivity index (χ2v) is 9.88. The fraction of sp³-hybridized carbons (Fsp3) is 0.500. The number of carboxylic acids is 1. The molecule has 2 amide bonds. The van der Waals surface area contributed by atoms with E-state index in [1.54, 1.807) is 30.3 Å². The Bertz CT molecular complexity index is 960. The van der Waals surface area contributed by atoms with Gasteiger partial charge in [0.15, 0.2) is 0 Å². The van der Waals surface area contributed by atoms with E-state index in [9.17, 15) is 24.6 Å². The monoisotopic (exact) mass is 526 g/mol. The Labute approximate surface area is 198 Å². The van der Waals surface area contributed by atoms with Gasteiger partial charge in [-0.1, -0.05) is 45.7 Å². The van der Waals surface area contributed by atoms with Gasteiger partial charge in [-0.25, -0.2) is 0 Å². The van der Waals surface area contributed by atoms with E-state index in [-0.39, 0.29) is 30.9 Å². The molecule has 3 saturated heterocycles. The molecule has 3 fully saturated rings. The van der Waals surface area contributed by atoms with Crippen LogP contribution in [0.5, 0.6) is 0 Å². The minimum absolute atomic E-state index is 0.113. The highest BCUT2D eigenvalue weighted by atomic mass is 79.9. The number of aliphatic hydroxyl groups is 1. The van der Waals surface area contributed by atoms with E-state index >= 15 is 0 Å². The topological polar surface area (TPSA) is 107 Å². The first kappa shape index (κ1) is 23.2. The van der Waals surface area contributed by atoms with Crippen molar-refractivity contribution >= 4 is 51.0 Å². The molecule has 1 spiro atoms. The van der Waals surface area contributed by atoms with Gasteiger partial charge in [0, 0.05) is 24.5 Å². The summed E-state index contributed by atoms with van der Waals surface area (Å²) in [6, 6.07) is 5.82. The summed E-state index contributed by atoms with van der Waals surface area (Å²) in [6.45, 7) is 3.83. The molecule has 1 aromatic carbocycles. The van der Waals surface area contributed by atoms with Crippen LogP contribution in [-0.2, 0) is 19.1 Å². The van der Waals surface area contributed by atoms with Crippen molar-refractivity contribution in [2.24, 2.45) is 11.8 Å². The molecular weight excluding hydrogens is 504 g/mol. The molecule has 2 N–H and O–H groups in total. The molecule has 0 aliphatic carbocycles. The molecule has 4 rings (SSSR count). The van der Waals surface area contributed by atoms with Gasteiger partial charge in [-0.15, -0.1) is 6.58 Å². The van der Waals surface area contributed by atoms with Crippen molar-refractivity contribution in [3.63, 3.8) is 0 Å². The van der Waals surface area contributed by atoms with Crippen LogP contribution in [0.4, 0.5) is 5.69 Å². The molecule has 3 unspecified atom stereocenters. The maximum absolute atomic E-state index is 14.0. The van der Waals surface area contributed by atoms with Gasteiger partial charge in [-0.3, -0.25) is 14.4 Å². The predicted molar refractivity (Wildman–Crippen MR) is 121 cm³/mol. The Kier molecular flexibility index (Phi) is 6.37. The van der Waals surface area contributed by atoms with Crippen LogP contribution in [0.1, 0.15) is 12.8 Å². The van der Waals surface area contributed by atoms with Crippen LogP contribution in [0.15, 0.2) is 36.9 Å². The number of halogens is 2. The number of fused-ring (bicyclic) bond motifs is 1. The summed E-state index contributed by atoms with van der Waals surface area (Å²) in [5.74, 6) is -3.99. The van der Waals surface area contributed by atoms with Crippen LogP contribution in [0.25, 0.3) is 0 Å². The first-order valence-electron chi connectivity index (χ1n) is 10.4. The number of hydrogen-bond acceptors (Lipinski definition) is 5. The zero-order valence-corrected chi connectivity index (χ0v) is 19.5. The highest BCUT2D eigenvalue weighted by Gasteiger charge is 2.76. The molecule has 0 radical (unpaired) electrons. The number of carbonyl (C=O) groups excluding carboxylic acids is 2. The van der Waals surface area contributed by atoms with Crippen LogP contribution in [-0.4, -0.2) is 75.2 Å². The van der Waals surface area contributed by atoms with Gasteiger partial charge in [0.25, 0.3) is 5.91 Å². The lowest BCUT2D eigenvalue weighted by Gasteiger charge is -2.37. The quantitative estimate of drug-likeness (QED) is 0.396. The number of aliphatic hydroxyl groups excluding tert-OH is 1. The minimum Gasteiger partial charge on any atom is -0.481 e. The lowest BCUT2D eigenvalue weighted by molar-refractivity contribution is -0.149. The average Bonchev–Trinajstić information content (AvgIpc) is 3.34. The third-order valence-corrected chi connectivity index (χ3v) is 7.75. The second-order valence-electron chi connectivity index (χ2n) is 8.30. The van der Waals surface area contributed by atoms with Crippen LogP contribution < -0.4 is 4.90 Å². The molecular formula is C22H24BrClN2O6. The molecule has 3 heterocycles. The smallest absolute Gasteiger partial charge is 0.310 e. The van der Waals surface area contributed by atoms with Gasteiger partial charge >= 0.3 is 5.97 Å². The maximum atomic E-state index is 14.0. The van der Waals surface area contributed by atoms with E-state index in [1.165, 1.54) is 9.80 Å². The van der Waals surface area contributed by atoms with E-state index in [2.05, 4.69) is 22.5 Å². The minimum atomic E-state index is -1.27. The van der Waals surface area contributed by atoms with Crippen molar-refractivity contribution in [2.75, 3.05) is 24.6 Å². The van der Waals surface area contributed by atoms with Crippen LogP contribution in [0.2, 0.25) is 5.02 Å². The zero-order chi connectivity index (χ0) is 23.2. The zero-order valence-electron chi connectivity index (χ0n) is 17.2. The van der Waals surface area contributed by atoms with E-state index in [0.29, 0.717) is 17.1 Å². The fourth-order valence-electron chi connectivity index (χ4n) is 5.43. The molecule has 1 aromatic rings. The van der Waals surface area contributed by atoms with Crippen molar-refractivity contribution in [1.82, 2.24) is 4.90 Å². The number of carbonyl (C=O) groups is 3. The lowest BCUT2D eigenvalue weighted by Crippen LogP contribution is -2.57. The van der Waals surface area contributed by atoms with Gasteiger partial charge in [0.2, 0.25) is 5.91 Å². The van der Waals surface area contributed by atoms with E-state index in [4.69, 9.17) is 16.3 Å². The summed E-state index contributed by atoms with van der Waals surface area (Å²) >= 11 is 9.88. The number of aliphatic carboxylic acids is 1. The van der Waals surface area contributed by atoms with Crippen molar-refractivity contribution in [3.8, 4) is 0 Å². The SMILES string of the molecule is C=CCN(C(=O)C1N(CCCO)C(=O)[C@@H]2[C@@H](C(=O)O)[C@@H]3OC12CC3Br)c1ccccc1Cl. The van der Waals surface area contributed by atoms with Gasteiger partial charge in [-0.2, -0.15) is 0 Å².